The summed E-state index contributed by atoms with van der Waals surface area (Å²) in [5.41, 5.74) is 25.9. The van der Waals surface area contributed by atoms with Crippen LogP contribution in [0.15, 0.2) is 322 Å². The Morgan fingerprint density at radius 3 is 0.586 bits per heavy atom. The van der Waals surface area contributed by atoms with Crippen molar-refractivity contribution < 1.29 is 39.5 Å². The number of rotatable bonds is 9. The maximum Gasteiger partial charge on any atom is 0.417 e. The third kappa shape index (κ3) is 15.7. The first-order valence-corrected chi connectivity index (χ1v) is 47.9. The predicted molar refractivity (Wildman–Crippen MR) is 572 cm³/mol. The lowest BCUT2D eigenvalue weighted by Gasteiger charge is -2.21. The highest BCUT2D eigenvalue weighted by Gasteiger charge is 2.40. The van der Waals surface area contributed by atoms with Crippen LogP contribution >= 0.6 is 0 Å². The van der Waals surface area contributed by atoms with E-state index in [0.29, 0.717) is 84.2 Å². The van der Waals surface area contributed by atoms with E-state index in [2.05, 4.69) is 115 Å². The Balaban J connectivity index is 0.000000124. The van der Waals surface area contributed by atoms with Crippen molar-refractivity contribution >= 4 is 131 Å². The summed E-state index contributed by atoms with van der Waals surface area (Å²) in [6, 6.07) is 109. The van der Waals surface area contributed by atoms with Crippen LogP contribution in [0.4, 0.5) is 39.5 Å². The molecule has 18 aromatic carbocycles. The van der Waals surface area contributed by atoms with E-state index in [0.717, 1.165) is 186 Å². The normalized spacial score (nSPS) is 12.0. The van der Waals surface area contributed by atoms with Crippen LogP contribution in [0.2, 0.25) is 0 Å². The fraction of sp³-hybridized carbons (Fsp3) is 0.126. The van der Waals surface area contributed by atoms with E-state index >= 15 is 0 Å². The van der Waals surface area contributed by atoms with Crippen LogP contribution in [0.1, 0.15) is 106 Å². The summed E-state index contributed by atoms with van der Waals surface area (Å²) in [6.07, 6.45) is -13.8. The highest BCUT2D eigenvalue weighted by Crippen LogP contribution is 2.52. The number of para-hydroxylation sites is 2. The number of halogens is 9. The summed E-state index contributed by atoms with van der Waals surface area (Å²) in [5, 5.41) is 44.4. The Kier molecular flexibility index (Phi) is 22.2. The molecule has 0 aliphatic rings. The molecule has 0 atom stereocenters. The minimum Gasteiger partial charge on any atom is -0.309 e. The van der Waals surface area contributed by atoms with Crippen molar-refractivity contribution in [2.24, 2.45) is 0 Å². The summed E-state index contributed by atoms with van der Waals surface area (Å²) < 4.78 is 146. The molecule has 6 aromatic heterocycles. The highest BCUT2D eigenvalue weighted by molar-refractivity contribution is 6.17. The van der Waals surface area contributed by atoms with Gasteiger partial charge >= 0.3 is 18.5 Å². The topological polar surface area (TPSA) is 101 Å². The van der Waals surface area contributed by atoms with Gasteiger partial charge in [-0.2, -0.15) is 55.3 Å². The van der Waals surface area contributed by atoms with Gasteiger partial charge in [-0.1, -0.05) is 208 Å². The maximum atomic E-state index is 15.0. The number of aromatic nitrogens is 6. The smallest absolute Gasteiger partial charge is 0.309 e. The molecule has 0 amide bonds. The summed E-state index contributed by atoms with van der Waals surface area (Å²) in [6.45, 7) is 25.2. The second-order valence-electron chi connectivity index (χ2n) is 38.9. The van der Waals surface area contributed by atoms with Crippen molar-refractivity contribution in [2.45, 2.75) is 109 Å². The molecule has 6 heterocycles. The van der Waals surface area contributed by atoms with E-state index < -0.39 is 35.2 Å². The molecule has 24 aromatic rings. The fourth-order valence-electron chi connectivity index (χ4n) is 21.8. The first kappa shape index (κ1) is 92.6. The van der Waals surface area contributed by atoms with E-state index in [1.807, 2.05) is 230 Å². The Bertz CT molecular complexity index is 9580. The molecule has 0 saturated heterocycles. The molecule has 24 rings (SSSR count). The zero-order chi connectivity index (χ0) is 101. The Morgan fingerprint density at radius 1 is 0.166 bits per heavy atom. The zero-order valence-electron chi connectivity index (χ0n) is 81.5. The molecule has 145 heavy (non-hydrogen) atoms. The van der Waals surface area contributed by atoms with Gasteiger partial charge in [-0.15, -0.1) is 0 Å². The Labute approximate surface area is 829 Å². The largest absolute Gasteiger partial charge is 0.417 e. The summed E-state index contributed by atoms with van der Waals surface area (Å²) in [4.78, 5) is 0. The summed E-state index contributed by atoms with van der Waals surface area (Å²) in [5.74, 6) is 0. The van der Waals surface area contributed by atoms with Gasteiger partial charge in [0.05, 0.1) is 134 Å². The molecule has 0 N–H and O–H groups in total. The van der Waals surface area contributed by atoms with E-state index in [-0.39, 0.29) is 16.7 Å². The van der Waals surface area contributed by atoms with Crippen molar-refractivity contribution in [3.8, 4) is 85.7 Å². The third-order valence-corrected chi connectivity index (χ3v) is 28.4. The zero-order valence-corrected chi connectivity index (χ0v) is 81.5. The lowest BCUT2D eigenvalue weighted by Crippen LogP contribution is -2.10. The van der Waals surface area contributed by atoms with Crippen LogP contribution in [0.5, 0.6) is 0 Å². The van der Waals surface area contributed by atoms with Gasteiger partial charge in [-0.3, -0.25) is 0 Å². The molecule has 0 aliphatic carbocycles. The van der Waals surface area contributed by atoms with E-state index in [1.165, 1.54) is 18.2 Å². The minimum absolute atomic E-state index is 0.0542. The lowest BCUT2D eigenvalue weighted by atomic mass is 9.93. The van der Waals surface area contributed by atoms with Gasteiger partial charge in [-0.25, -0.2) is 0 Å². The number of fused-ring (bicyclic) bond motifs is 18. The first-order chi connectivity index (χ1) is 69.5. The summed E-state index contributed by atoms with van der Waals surface area (Å²) >= 11 is 0. The van der Waals surface area contributed by atoms with Crippen molar-refractivity contribution in [2.75, 3.05) is 0 Å². The molecule has 0 aliphatic heterocycles. The van der Waals surface area contributed by atoms with Crippen molar-refractivity contribution in [1.82, 2.24) is 27.4 Å². The van der Waals surface area contributed by atoms with Crippen LogP contribution < -0.4 is 0 Å². The van der Waals surface area contributed by atoms with Crippen LogP contribution in [0.3, 0.4) is 0 Å². The molecule has 0 fully saturated rings. The molecule has 0 radical (unpaired) electrons. The molecule has 0 bridgehead atoms. The van der Waals surface area contributed by atoms with Crippen molar-refractivity contribution in [3.05, 3.63) is 427 Å². The monoisotopic (exact) mass is 1910 g/mol. The molecule has 708 valence electrons. The molecule has 0 unspecified atom stereocenters. The molecule has 0 saturated carbocycles. The van der Waals surface area contributed by atoms with Gasteiger partial charge in [-0.05, 0) is 293 Å². The van der Waals surface area contributed by atoms with E-state index in [9.17, 15) is 55.3 Å². The first-order valence-electron chi connectivity index (χ1n) is 47.9. The number of hydrogen-bond acceptors (Lipinski definition) is 3. The number of alkyl halides is 9. The molecular formula is C127H92F9N9. The van der Waals surface area contributed by atoms with E-state index in [1.54, 1.807) is 93.6 Å². The number of nitrogens with zero attached hydrogens (tertiary/aromatic N) is 9. The van der Waals surface area contributed by atoms with Gasteiger partial charge in [0.1, 0.15) is 18.2 Å². The molecule has 0 spiro atoms. The highest BCUT2D eigenvalue weighted by atomic mass is 19.4. The number of hydrogen-bond donors (Lipinski definition) is 0. The second kappa shape index (κ2) is 34.8. The van der Waals surface area contributed by atoms with Crippen molar-refractivity contribution in [3.63, 3.8) is 0 Å². The summed E-state index contributed by atoms with van der Waals surface area (Å²) in [7, 11) is 0. The van der Waals surface area contributed by atoms with Crippen LogP contribution in [-0.2, 0) is 18.5 Å². The fourth-order valence-corrected chi connectivity index (χ4v) is 21.8. The van der Waals surface area contributed by atoms with Gasteiger partial charge in [0.15, 0.2) is 0 Å². The average molecular weight is 1920 g/mol. The van der Waals surface area contributed by atoms with Gasteiger partial charge < -0.3 is 27.4 Å². The van der Waals surface area contributed by atoms with Gasteiger partial charge in [0.25, 0.3) is 0 Å². The van der Waals surface area contributed by atoms with Crippen LogP contribution in [0.25, 0.3) is 198 Å². The average Bonchev–Trinajstić information content (AvgIpc) is 1.58. The standard InChI is InChI=1S/2C43H32F3N3.C41H28F3N3/c1-24-7-12-37-31(16-24)32-17-25(2)8-13-38(32)48(37)41-22-35(30-11-6-28(5)20-36(30)43(44,45)46)42(21-29(41)23-47)49-39-14-9-26(3)18-33(39)34-19-27(4)10-15-40(34)49;1-24-6-11-30(36(16-24)43(44,45)46)35-22-37(48-38-17-25(2)7-12-31(38)32-13-8-26(3)18-39(32)48)29(23-47)21-42(35)49-40-19-27(4)9-14-33(40)34-15-10-28(5)20-41(34)49;1-24-13-16-37-31(18-24)29-8-4-6-10-35(29)46(37)39-22-33(28-15-12-26(3)20-34(28)41(42,43)44)40(21-27(39)23-45)47-36-11-7-5-9-30(36)32-19-25(2)14-17-38(32)47/h2*6-22H,1-5H3;4-22H,1-3H3. The predicted octanol–water partition coefficient (Wildman–Crippen LogP) is 35.3. The van der Waals surface area contributed by atoms with Crippen LogP contribution in [0, 0.1) is 124 Å². The van der Waals surface area contributed by atoms with Crippen LogP contribution in [-0.4, -0.2) is 27.4 Å². The quantitative estimate of drug-likeness (QED) is 0.135. The van der Waals surface area contributed by atoms with Gasteiger partial charge in [0.2, 0.25) is 0 Å². The Morgan fingerprint density at radius 2 is 0.345 bits per heavy atom. The maximum absolute atomic E-state index is 15.0. The van der Waals surface area contributed by atoms with Crippen molar-refractivity contribution in [1.29, 1.82) is 15.8 Å². The molecule has 9 nitrogen and oxygen atoms in total. The molecular weight excluding hydrogens is 1820 g/mol. The third-order valence-electron chi connectivity index (χ3n) is 28.4. The van der Waals surface area contributed by atoms with E-state index in [4.69, 9.17) is 0 Å². The SMILES string of the molecule is Cc1ccc(-c2cc(-n3c4cc(C)ccc4c4ccc(C)cc43)c(C#N)cc2-n2c3cc(C)ccc3c3ccc(C)cc32)c(C(F)(F)F)c1.Cc1ccc(-c2cc(-n3c4ccc(C)cc4c4cc(C)ccc43)c(C#N)cc2-n2c3ccc(C)cc3c3cc(C)ccc32)c(C(F)(F)F)c1.Cc1ccc(-c2cc(-n3c4ccccc4c4cc(C)ccc43)c(C#N)cc2-n2c3ccccc3c3cc(C)ccc32)c(C(F)(F)F)c1. The second-order valence-corrected chi connectivity index (χ2v) is 38.9. The lowest BCUT2D eigenvalue weighted by molar-refractivity contribution is -0.137. The number of nitriles is 3. The minimum atomic E-state index is -4.61. The Hall–Kier alpha value is -17.4. The molecule has 18 heteroatoms. The van der Waals surface area contributed by atoms with Gasteiger partial charge in [0, 0.05) is 81.3 Å². The number of benzene rings is 18. The number of aryl methyl sites for hydroxylation is 13.